The highest BCUT2D eigenvalue weighted by Crippen LogP contribution is 2.14. The van der Waals surface area contributed by atoms with Gasteiger partial charge in [-0.1, -0.05) is 43.7 Å². The second-order valence-electron chi connectivity index (χ2n) is 4.02. The van der Waals surface area contributed by atoms with Crippen LogP contribution in [-0.2, 0) is 9.53 Å². The molecule has 0 atom stereocenters. The lowest BCUT2D eigenvalue weighted by Gasteiger charge is -2.06. The van der Waals surface area contributed by atoms with Crippen molar-refractivity contribution in [1.82, 2.24) is 0 Å². The zero-order valence-corrected chi connectivity index (χ0v) is 10.2. The van der Waals surface area contributed by atoms with Crippen molar-refractivity contribution in [3.63, 3.8) is 0 Å². The van der Waals surface area contributed by atoms with Crippen molar-refractivity contribution in [2.24, 2.45) is 0 Å². The smallest absolute Gasteiger partial charge is 0.335 e. The fourth-order valence-corrected chi connectivity index (χ4v) is 1.66. The van der Waals surface area contributed by atoms with Gasteiger partial charge in [0.25, 0.3) is 0 Å². The third-order valence-corrected chi connectivity index (χ3v) is 2.58. The van der Waals surface area contributed by atoms with E-state index in [9.17, 15) is 4.79 Å². The lowest BCUT2D eigenvalue weighted by Crippen LogP contribution is -2.00. The van der Waals surface area contributed by atoms with E-state index in [0.717, 1.165) is 25.0 Å². The lowest BCUT2D eigenvalue weighted by molar-refractivity contribution is -0.134. The van der Waals surface area contributed by atoms with E-state index in [1.54, 1.807) is 0 Å². The van der Waals surface area contributed by atoms with Gasteiger partial charge >= 0.3 is 5.97 Å². The van der Waals surface area contributed by atoms with Crippen molar-refractivity contribution in [2.75, 3.05) is 0 Å². The summed E-state index contributed by atoms with van der Waals surface area (Å²) in [4.78, 5) is 11.1. The maximum Gasteiger partial charge on any atom is 0.335 e. The first-order valence-corrected chi connectivity index (χ1v) is 6.19. The molecule has 2 heteroatoms. The first kappa shape index (κ1) is 13.5. The molecule has 0 aromatic heterocycles. The van der Waals surface area contributed by atoms with Gasteiger partial charge in [-0.2, -0.15) is 0 Å². The highest BCUT2D eigenvalue weighted by Gasteiger charge is 2.02. The molecule has 1 aliphatic carbocycles. The Hall–Kier alpha value is -1.57. The molecule has 0 radical (unpaired) electrons. The zero-order valence-electron chi connectivity index (χ0n) is 10.2. The average molecular weight is 232 g/mol. The molecule has 2 nitrogen and oxygen atoms in total. The second kappa shape index (κ2) is 8.57. The number of hydrogen-bond donors (Lipinski definition) is 0. The Balaban J connectivity index is 2.61. The number of esters is 1. The molecule has 0 aliphatic heterocycles. The summed E-state index contributed by atoms with van der Waals surface area (Å²) in [6.07, 6.45) is 17.8. The predicted octanol–water partition coefficient (Wildman–Crippen LogP) is 4.07. The van der Waals surface area contributed by atoms with Gasteiger partial charge in [-0.15, -0.1) is 0 Å². The van der Waals surface area contributed by atoms with Gasteiger partial charge in [-0.25, -0.2) is 4.79 Å². The fraction of sp³-hybridized carbons (Fsp3) is 0.400. The highest BCUT2D eigenvalue weighted by atomic mass is 16.5. The van der Waals surface area contributed by atoms with Gasteiger partial charge in [0.2, 0.25) is 0 Å². The second-order valence-corrected chi connectivity index (χ2v) is 4.02. The molecule has 92 valence electrons. The van der Waals surface area contributed by atoms with Crippen LogP contribution < -0.4 is 0 Å². The summed E-state index contributed by atoms with van der Waals surface area (Å²) in [6, 6.07) is 0. The van der Waals surface area contributed by atoms with Crippen LogP contribution in [0.1, 0.15) is 38.5 Å². The van der Waals surface area contributed by atoms with Crippen LogP contribution in [0.25, 0.3) is 0 Å². The predicted molar refractivity (Wildman–Crippen MR) is 70.4 cm³/mol. The van der Waals surface area contributed by atoms with Crippen molar-refractivity contribution in [3.05, 3.63) is 48.8 Å². The number of carbonyl (C=O) groups is 1. The SMILES string of the molecule is C=CC(=O)OC1=CC=CC=CCCCCCC1. The van der Waals surface area contributed by atoms with E-state index in [1.165, 1.54) is 25.3 Å². The van der Waals surface area contributed by atoms with Gasteiger partial charge in [0.1, 0.15) is 5.76 Å². The number of allylic oxidation sites excluding steroid dienone is 6. The summed E-state index contributed by atoms with van der Waals surface area (Å²) in [5, 5.41) is 0. The largest absolute Gasteiger partial charge is 0.428 e. The van der Waals surface area contributed by atoms with E-state index in [2.05, 4.69) is 12.7 Å². The number of ether oxygens (including phenoxy) is 1. The molecule has 0 fully saturated rings. The first-order chi connectivity index (χ1) is 8.33. The van der Waals surface area contributed by atoms with E-state index >= 15 is 0 Å². The van der Waals surface area contributed by atoms with Crippen LogP contribution in [0.4, 0.5) is 0 Å². The van der Waals surface area contributed by atoms with Crippen molar-refractivity contribution in [2.45, 2.75) is 38.5 Å². The van der Waals surface area contributed by atoms with E-state index in [0.29, 0.717) is 0 Å². The summed E-state index contributed by atoms with van der Waals surface area (Å²) in [5.41, 5.74) is 0. The molecule has 0 aromatic rings. The van der Waals surface area contributed by atoms with Crippen LogP contribution in [0.15, 0.2) is 48.8 Å². The van der Waals surface area contributed by atoms with Gasteiger partial charge in [-0.3, -0.25) is 0 Å². The minimum Gasteiger partial charge on any atom is -0.428 e. The van der Waals surface area contributed by atoms with Crippen LogP contribution in [0, 0.1) is 0 Å². The third-order valence-electron chi connectivity index (χ3n) is 2.58. The summed E-state index contributed by atoms with van der Waals surface area (Å²) in [6.45, 7) is 3.40. The maximum absolute atomic E-state index is 11.1. The van der Waals surface area contributed by atoms with Gasteiger partial charge in [0, 0.05) is 12.5 Å². The van der Waals surface area contributed by atoms with Crippen LogP contribution in [-0.4, -0.2) is 5.97 Å². The van der Waals surface area contributed by atoms with E-state index < -0.39 is 0 Å². The summed E-state index contributed by atoms with van der Waals surface area (Å²) in [7, 11) is 0. The Bertz CT molecular complexity index is 335. The summed E-state index contributed by atoms with van der Waals surface area (Å²) in [5.74, 6) is 0.340. The van der Waals surface area contributed by atoms with Crippen LogP contribution in [0.3, 0.4) is 0 Å². The molecule has 0 unspecified atom stereocenters. The number of carbonyl (C=O) groups excluding carboxylic acids is 1. The maximum atomic E-state index is 11.1. The van der Waals surface area contributed by atoms with Gasteiger partial charge in [0.15, 0.2) is 0 Å². The van der Waals surface area contributed by atoms with E-state index in [1.807, 2.05) is 24.3 Å². The molecule has 0 saturated carbocycles. The van der Waals surface area contributed by atoms with Gasteiger partial charge in [-0.05, 0) is 25.3 Å². The molecule has 0 heterocycles. The van der Waals surface area contributed by atoms with Crippen molar-refractivity contribution in [3.8, 4) is 0 Å². The Labute approximate surface area is 103 Å². The van der Waals surface area contributed by atoms with Crippen molar-refractivity contribution >= 4 is 5.97 Å². The highest BCUT2D eigenvalue weighted by molar-refractivity contribution is 5.82. The molecule has 0 amide bonds. The first-order valence-electron chi connectivity index (χ1n) is 6.19. The Morgan fingerprint density at radius 1 is 1.18 bits per heavy atom. The quantitative estimate of drug-likeness (QED) is 0.530. The minimum absolute atomic E-state index is 0.382. The molecular weight excluding hydrogens is 212 g/mol. The minimum atomic E-state index is -0.382. The van der Waals surface area contributed by atoms with Crippen LogP contribution >= 0.6 is 0 Å². The molecule has 1 rings (SSSR count). The van der Waals surface area contributed by atoms with Crippen LogP contribution in [0.2, 0.25) is 0 Å². The van der Waals surface area contributed by atoms with Crippen LogP contribution in [0.5, 0.6) is 0 Å². The molecule has 0 saturated heterocycles. The van der Waals surface area contributed by atoms with E-state index in [4.69, 9.17) is 4.74 Å². The Morgan fingerprint density at radius 2 is 2.00 bits per heavy atom. The topological polar surface area (TPSA) is 26.3 Å². The van der Waals surface area contributed by atoms with Crippen molar-refractivity contribution in [1.29, 1.82) is 0 Å². The standard InChI is InChI=1S/C15H20O2/c1-2-15(16)17-14-12-10-8-6-4-3-5-7-9-11-13-14/h2,4,6,8,10,12H,1,3,5,7,9,11,13H2. The third kappa shape index (κ3) is 6.56. The van der Waals surface area contributed by atoms with Gasteiger partial charge < -0.3 is 4.74 Å². The molecule has 0 spiro atoms. The molecule has 0 N–H and O–H groups in total. The lowest BCUT2D eigenvalue weighted by atomic mass is 10.1. The normalized spacial score (nSPS) is 17.5. The number of hydrogen-bond acceptors (Lipinski definition) is 2. The zero-order chi connectivity index (χ0) is 12.3. The van der Waals surface area contributed by atoms with Gasteiger partial charge in [0.05, 0.1) is 0 Å². The molecule has 17 heavy (non-hydrogen) atoms. The Morgan fingerprint density at radius 3 is 2.82 bits per heavy atom. The summed E-state index contributed by atoms with van der Waals surface area (Å²) >= 11 is 0. The Kier molecular flexibility index (Phi) is 6.80. The molecule has 0 aromatic carbocycles. The fourth-order valence-electron chi connectivity index (χ4n) is 1.66. The monoisotopic (exact) mass is 232 g/mol. The molecule has 0 bridgehead atoms. The van der Waals surface area contributed by atoms with Crippen molar-refractivity contribution < 1.29 is 9.53 Å². The molecule has 1 aliphatic rings. The number of rotatable bonds is 2. The molecular formula is C15H20O2. The summed E-state index contributed by atoms with van der Waals surface area (Å²) < 4.78 is 5.17. The average Bonchev–Trinajstić information content (AvgIpc) is 2.32. The van der Waals surface area contributed by atoms with E-state index in [-0.39, 0.29) is 5.97 Å².